The van der Waals surface area contributed by atoms with E-state index < -0.39 is 0 Å². The van der Waals surface area contributed by atoms with Crippen molar-refractivity contribution in [3.05, 3.63) is 29.8 Å². The first kappa shape index (κ1) is 11.1. The van der Waals surface area contributed by atoms with Crippen molar-refractivity contribution in [2.45, 2.75) is 31.8 Å². The Morgan fingerprint density at radius 3 is 2.82 bits per heavy atom. The zero-order valence-corrected chi connectivity index (χ0v) is 10.3. The van der Waals surface area contributed by atoms with Crippen LogP contribution in [0.15, 0.2) is 24.3 Å². The van der Waals surface area contributed by atoms with Crippen molar-refractivity contribution < 1.29 is 9.84 Å². The molecule has 2 heteroatoms. The predicted molar refractivity (Wildman–Crippen MR) is 66.9 cm³/mol. The molecule has 0 amide bonds. The van der Waals surface area contributed by atoms with Crippen LogP contribution in [-0.2, 0) is 0 Å². The van der Waals surface area contributed by atoms with Crippen LogP contribution in [-0.4, -0.2) is 12.2 Å². The zero-order chi connectivity index (χ0) is 11.8. The minimum atomic E-state index is -0.305. The van der Waals surface area contributed by atoms with Crippen molar-refractivity contribution in [1.82, 2.24) is 0 Å². The summed E-state index contributed by atoms with van der Waals surface area (Å²) in [6, 6.07) is 7.87. The summed E-state index contributed by atoms with van der Waals surface area (Å²) in [5, 5.41) is 10.5. The second-order valence-electron chi connectivity index (χ2n) is 5.56. The average molecular weight is 232 g/mol. The van der Waals surface area contributed by atoms with E-state index in [4.69, 9.17) is 4.74 Å². The number of ether oxygens (including phenoxy) is 1. The van der Waals surface area contributed by atoms with Gasteiger partial charge in [-0.15, -0.1) is 0 Å². The molecule has 1 aromatic rings. The lowest BCUT2D eigenvalue weighted by atomic mass is 9.82. The van der Waals surface area contributed by atoms with Crippen LogP contribution in [0.1, 0.15) is 37.4 Å². The topological polar surface area (TPSA) is 29.5 Å². The summed E-state index contributed by atoms with van der Waals surface area (Å²) in [7, 11) is 1.67. The first-order valence-corrected chi connectivity index (χ1v) is 6.60. The van der Waals surface area contributed by atoms with Gasteiger partial charge in [0.25, 0.3) is 0 Å². The van der Waals surface area contributed by atoms with E-state index in [2.05, 4.69) is 0 Å². The van der Waals surface area contributed by atoms with Crippen LogP contribution in [0.25, 0.3) is 0 Å². The Balaban J connectivity index is 1.79. The zero-order valence-electron chi connectivity index (χ0n) is 10.3. The first-order valence-electron chi connectivity index (χ1n) is 6.60. The Bertz CT molecular complexity index is 402. The van der Waals surface area contributed by atoms with E-state index in [1.54, 1.807) is 7.11 Å². The van der Waals surface area contributed by atoms with Crippen molar-refractivity contribution in [3.8, 4) is 5.75 Å². The summed E-state index contributed by atoms with van der Waals surface area (Å²) < 4.78 is 5.22. The van der Waals surface area contributed by atoms with Gasteiger partial charge in [-0.1, -0.05) is 18.6 Å². The maximum absolute atomic E-state index is 10.5. The van der Waals surface area contributed by atoms with E-state index >= 15 is 0 Å². The molecule has 0 radical (unpaired) electrons. The van der Waals surface area contributed by atoms with Gasteiger partial charge >= 0.3 is 0 Å². The molecule has 2 aliphatic carbocycles. The van der Waals surface area contributed by atoms with E-state index in [0.717, 1.165) is 23.1 Å². The summed E-state index contributed by atoms with van der Waals surface area (Å²) in [5.41, 5.74) is 1.02. The Labute approximate surface area is 103 Å². The molecule has 3 rings (SSSR count). The molecule has 0 spiro atoms. The van der Waals surface area contributed by atoms with E-state index in [9.17, 15) is 5.11 Å². The molecule has 1 N–H and O–H groups in total. The summed E-state index contributed by atoms with van der Waals surface area (Å²) in [5.74, 6) is 2.94. The van der Waals surface area contributed by atoms with Gasteiger partial charge in [0.2, 0.25) is 0 Å². The van der Waals surface area contributed by atoms with Gasteiger partial charge in [0.1, 0.15) is 5.75 Å². The minimum Gasteiger partial charge on any atom is -0.497 e. The predicted octanol–water partition coefficient (Wildman–Crippen LogP) is 3.16. The maximum Gasteiger partial charge on any atom is 0.119 e. The molecule has 92 valence electrons. The van der Waals surface area contributed by atoms with Gasteiger partial charge in [-0.2, -0.15) is 0 Å². The molecule has 2 fully saturated rings. The third-order valence-corrected chi connectivity index (χ3v) is 4.63. The molecule has 0 aromatic heterocycles. The monoisotopic (exact) mass is 232 g/mol. The Hall–Kier alpha value is -1.02. The van der Waals surface area contributed by atoms with Crippen LogP contribution in [0.2, 0.25) is 0 Å². The number of benzene rings is 1. The fourth-order valence-electron chi connectivity index (χ4n) is 3.75. The van der Waals surface area contributed by atoms with Gasteiger partial charge in [-0.05, 0) is 54.7 Å². The molecular formula is C15H20O2. The molecule has 17 heavy (non-hydrogen) atoms. The Morgan fingerprint density at radius 1 is 1.29 bits per heavy atom. The number of aliphatic hydroxyl groups excluding tert-OH is 1. The highest BCUT2D eigenvalue weighted by atomic mass is 16.5. The normalized spacial score (nSPS) is 32.7. The number of fused-ring (bicyclic) bond motifs is 2. The van der Waals surface area contributed by atoms with Crippen LogP contribution >= 0.6 is 0 Å². The summed E-state index contributed by atoms with van der Waals surface area (Å²) in [6.07, 6.45) is 4.94. The second kappa shape index (κ2) is 4.34. The van der Waals surface area contributed by atoms with E-state index in [1.807, 2.05) is 24.3 Å². The molecule has 2 nitrogen and oxygen atoms in total. The molecule has 0 saturated heterocycles. The largest absolute Gasteiger partial charge is 0.497 e. The maximum atomic E-state index is 10.5. The molecule has 2 aliphatic rings. The number of hydrogen-bond acceptors (Lipinski definition) is 2. The number of methoxy groups -OCH3 is 1. The van der Waals surface area contributed by atoms with Crippen LogP contribution in [0, 0.1) is 17.8 Å². The smallest absolute Gasteiger partial charge is 0.119 e. The van der Waals surface area contributed by atoms with Gasteiger partial charge in [0, 0.05) is 0 Å². The van der Waals surface area contributed by atoms with Gasteiger partial charge in [-0.3, -0.25) is 0 Å². The van der Waals surface area contributed by atoms with Crippen LogP contribution in [0.4, 0.5) is 0 Å². The lowest BCUT2D eigenvalue weighted by Crippen LogP contribution is -2.19. The van der Waals surface area contributed by atoms with Crippen molar-refractivity contribution in [2.75, 3.05) is 7.11 Å². The first-order chi connectivity index (χ1) is 8.28. The van der Waals surface area contributed by atoms with Crippen molar-refractivity contribution in [2.24, 2.45) is 17.8 Å². The van der Waals surface area contributed by atoms with Crippen molar-refractivity contribution in [1.29, 1.82) is 0 Å². The van der Waals surface area contributed by atoms with Crippen LogP contribution in [0.3, 0.4) is 0 Å². The third kappa shape index (κ3) is 1.95. The molecule has 1 aromatic carbocycles. The Kier molecular flexibility index (Phi) is 2.83. The molecule has 4 unspecified atom stereocenters. The van der Waals surface area contributed by atoms with E-state index in [0.29, 0.717) is 5.92 Å². The van der Waals surface area contributed by atoms with Gasteiger partial charge in [-0.25, -0.2) is 0 Å². The lowest BCUT2D eigenvalue weighted by Gasteiger charge is -2.27. The molecule has 2 bridgehead atoms. The highest BCUT2D eigenvalue weighted by molar-refractivity contribution is 5.30. The average Bonchev–Trinajstić information content (AvgIpc) is 3.00. The van der Waals surface area contributed by atoms with Gasteiger partial charge in [0.05, 0.1) is 13.2 Å². The molecule has 4 atom stereocenters. The number of aliphatic hydroxyl groups is 1. The van der Waals surface area contributed by atoms with E-state index in [-0.39, 0.29) is 6.10 Å². The highest BCUT2D eigenvalue weighted by Crippen LogP contribution is 2.52. The third-order valence-electron chi connectivity index (χ3n) is 4.63. The van der Waals surface area contributed by atoms with Gasteiger partial charge in [0.15, 0.2) is 0 Å². The molecular weight excluding hydrogens is 212 g/mol. The Morgan fingerprint density at radius 2 is 2.18 bits per heavy atom. The summed E-state index contributed by atoms with van der Waals surface area (Å²) in [6.45, 7) is 0. The van der Waals surface area contributed by atoms with Crippen molar-refractivity contribution >= 4 is 0 Å². The standard InChI is InChI=1S/C15H20O2/c1-17-13-4-2-3-12(9-13)15(16)14-8-10-5-6-11(14)7-10/h2-4,9-11,14-16H,5-8H2,1H3. The van der Waals surface area contributed by atoms with Gasteiger partial charge < -0.3 is 9.84 Å². The van der Waals surface area contributed by atoms with Crippen molar-refractivity contribution in [3.63, 3.8) is 0 Å². The van der Waals surface area contributed by atoms with Crippen LogP contribution < -0.4 is 4.74 Å². The fraction of sp³-hybridized carbons (Fsp3) is 0.600. The molecule has 2 saturated carbocycles. The fourth-order valence-corrected chi connectivity index (χ4v) is 3.75. The lowest BCUT2D eigenvalue weighted by molar-refractivity contribution is 0.0743. The van der Waals surface area contributed by atoms with Crippen LogP contribution in [0.5, 0.6) is 5.75 Å². The second-order valence-corrected chi connectivity index (χ2v) is 5.56. The molecule has 0 heterocycles. The SMILES string of the molecule is COc1cccc(C(O)C2CC3CCC2C3)c1. The minimum absolute atomic E-state index is 0.305. The summed E-state index contributed by atoms with van der Waals surface area (Å²) >= 11 is 0. The number of rotatable bonds is 3. The summed E-state index contributed by atoms with van der Waals surface area (Å²) in [4.78, 5) is 0. The molecule has 0 aliphatic heterocycles. The van der Waals surface area contributed by atoms with E-state index in [1.165, 1.54) is 25.7 Å². The quantitative estimate of drug-likeness (QED) is 0.867. The number of hydrogen-bond donors (Lipinski definition) is 1. The highest BCUT2D eigenvalue weighted by Gasteiger charge is 2.42.